The van der Waals surface area contributed by atoms with E-state index in [1.165, 1.54) is 0 Å². The Morgan fingerprint density at radius 2 is 2.31 bits per heavy atom. The highest BCUT2D eigenvalue weighted by Gasteiger charge is 2.04. The van der Waals surface area contributed by atoms with Crippen molar-refractivity contribution in [1.29, 1.82) is 0 Å². The fourth-order valence-electron chi connectivity index (χ4n) is 1.25. The van der Waals surface area contributed by atoms with Crippen LogP contribution in [-0.2, 0) is 0 Å². The fraction of sp³-hybridized carbons (Fsp3) is 0.364. The summed E-state index contributed by atoms with van der Waals surface area (Å²) in [5.41, 5.74) is 6.90. The van der Waals surface area contributed by atoms with Crippen molar-refractivity contribution in [2.45, 2.75) is 19.8 Å². The Balaban J connectivity index is 2.38. The predicted molar refractivity (Wildman–Crippen MR) is 67.3 cm³/mol. The number of nitrogens with two attached hydrogens (primary N) is 1. The van der Waals surface area contributed by atoms with E-state index in [1.807, 2.05) is 6.92 Å². The van der Waals surface area contributed by atoms with Crippen LogP contribution in [0.1, 0.15) is 28.8 Å². The Bertz CT molecular complexity index is 393. The number of hydrogen-bond acceptors (Lipinski definition) is 3. The number of thiocarbonyl (C=S) groups is 1. The average Bonchev–Trinajstić information content (AvgIpc) is 2.24. The minimum Gasteiger partial charge on any atom is -0.393 e. The zero-order chi connectivity index (χ0) is 12.0. The fourth-order valence-corrected chi connectivity index (χ4v) is 1.39. The first kappa shape index (κ1) is 12.6. The van der Waals surface area contributed by atoms with Gasteiger partial charge in [0.1, 0.15) is 0 Å². The van der Waals surface area contributed by atoms with Crippen LogP contribution in [0.4, 0.5) is 0 Å². The molecule has 1 amide bonds. The highest BCUT2D eigenvalue weighted by atomic mass is 32.1. The molecule has 1 rings (SSSR count). The molecule has 0 spiro atoms. The van der Waals surface area contributed by atoms with Crippen LogP contribution in [0.5, 0.6) is 0 Å². The molecular formula is C11H15N3OS. The Hall–Kier alpha value is -1.49. The monoisotopic (exact) mass is 237 g/mol. The van der Waals surface area contributed by atoms with E-state index >= 15 is 0 Å². The van der Waals surface area contributed by atoms with Gasteiger partial charge in [0.15, 0.2) is 0 Å². The summed E-state index contributed by atoms with van der Waals surface area (Å²) >= 11 is 4.74. The van der Waals surface area contributed by atoms with Crippen LogP contribution < -0.4 is 11.1 Å². The maximum atomic E-state index is 11.6. The molecule has 0 aliphatic carbocycles. The van der Waals surface area contributed by atoms with Crippen LogP contribution in [-0.4, -0.2) is 22.4 Å². The van der Waals surface area contributed by atoms with Gasteiger partial charge in [-0.25, -0.2) is 0 Å². The molecule has 4 nitrogen and oxygen atoms in total. The number of nitrogens with one attached hydrogen (secondary N) is 1. The molecule has 0 fully saturated rings. The van der Waals surface area contributed by atoms with Crippen molar-refractivity contribution in [2.24, 2.45) is 5.73 Å². The van der Waals surface area contributed by atoms with Crippen molar-refractivity contribution in [2.75, 3.05) is 6.54 Å². The lowest BCUT2D eigenvalue weighted by Gasteiger charge is -2.04. The van der Waals surface area contributed by atoms with Crippen LogP contribution in [0.3, 0.4) is 0 Å². The SMILES string of the molecule is Cc1cncc(C(=O)NCCCC(N)=S)c1. The number of amides is 1. The van der Waals surface area contributed by atoms with Crippen LogP contribution >= 0.6 is 12.2 Å². The smallest absolute Gasteiger partial charge is 0.252 e. The predicted octanol–water partition coefficient (Wildman–Crippen LogP) is 1.19. The molecule has 1 aromatic heterocycles. The molecule has 0 bridgehead atoms. The highest BCUT2D eigenvalue weighted by molar-refractivity contribution is 7.80. The standard InChI is InChI=1S/C11H15N3OS/c1-8-5-9(7-13-6-8)11(15)14-4-2-3-10(12)16/h5-7H,2-4H2,1H3,(H2,12,16)(H,14,15). The Morgan fingerprint density at radius 1 is 1.56 bits per heavy atom. The summed E-state index contributed by atoms with van der Waals surface area (Å²) in [7, 11) is 0. The van der Waals surface area contributed by atoms with Gasteiger partial charge in [0.05, 0.1) is 10.6 Å². The molecule has 0 atom stereocenters. The molecule has 16 heavy (non-hydrogen) atoms. The summed E-state index contributed by atoms with van der Waals surface area (Å²) in [6.45, 7) is 2.47. The number of hydrogen-bond donors (Lipinski definition) is 2. The Kier molecular flexibility index (Phi) is 4.85. The maximum absolute atomic E-state index is 11.6. The summed E-state index contributed by atoms with van der Waals surface area (Å²) in [6.07, 6.45) is 4.68. The number of rotatable bonds is 5. The van der Waals surface area contributed by atoms with E-state index in [0.29, 0.717) is 23.5 Å². The lowest BCUT2D eigenvalue weighted by molar-refractivity contribution is 0.0953. The molecule has 0 aromatic carbocycles. The number of nitrogens with zero attached hydrogens (tertiary/aromatic N) is 1. The highest BCUT2D eigenvalue weighted by Crippen LogP contribution is 2.00. The number of aromatic nitrogens is 1. The Morgan fingerprint density at radius 3 is 2.94 bits per heavy atom. The van der Waals surface area contributed by atoms with Gasteiger partial charge in [0.25, 0.3) is 5.91 Å². The summed E-state index contributed by atoms with van der Waals surface area (Å²) in [6, 6.07) is 1.80. The van der Waals surface area contributed by atoms with Gasteiger partial charge in [-0.1, -0.05) is 12.2 Å². The zero-order valence-corrected chi connectivity index (χ0v) is 10.0. The Labute approximate surface area is 100 Å². The molecule has 0 unspecified atom stereocenters. The summed E-state index contributed by atoms with van der Waals surface area (Å²) < 4.78 is 0. The largest absolute Gasteiger partial charge is 0.393 e. The lowest BCUT2D eigenvalue weighted by Crippen LogP contribution is -2.25. The molecule has 0 aliphatic heterocycles. The van der Waals surface area contributed by atoms with Crippen LogP contribution in [0.2, 0.25) is 0 Å². The normalized spacial score (nSPS) is 9.81. The maximum Gasteiger partial charge on any atom is 0.252 e. The summed E-state index contributed by atoms with van der Waals surface area (Å²) in [5, 5.41) is 2.79. The molecule has 0 aliphatic rings. The molecule has 5 heteroatoms. The van der Waals surface area contributed by atoms with Gasteiger partial charge in [0.2, 0.25) is 0 Å². The number of carbonyl (C=O) groups excluding carboxylic acids is 1. The molecule has 0 saturated heterocycles. The third-order valence-corrected chi connectivity index (χ3v) is 2.23. The first-order valence-corrected chi connectivity index (χ1v) is 5.48. The molecule has 3 N–H and O–H groups in total. The second kappa shape index (κ2) is 6.17. The lowest BCUT2D eigenvalue weighted by atomic mass is 10.2. The number of aryl methyl sites for hydroxylation is 1. The topological polar surface area (TPSA) is 68.0 Å². The van der Waals surface area contributed by atoms with Crippen molar-refractivity contribution in [3.8, 4) is 0 Å². The molecule has 0 radical (unpaired) electrons. The van der Waals surface area contributed by atoms with Gasteiger partial charge >= 0.3 is 0 Å². The third-order valence-electron chi connectivity index (χ3n) is 2.02. The van der Waals surface area contributed by atoms with E-state index in [1.54, 1.807) is 18.5 Å². The van der Waals surface area contributed by atoms with E-state index in [9.17, 15) is 4.79 Å². The zero-order valence-electron chi connectivity index (χ0n) is 9.19. The van der Waals surface area contributed by atoms with Crippen molar-refractivity contribution in [3.05, 3.63) is 29.6 Å². The first-order chi connectivity index (χ1) is 7.59. The van der Waals surface area contributed by atoms with Crippen LogP contribution in [0.25, 0.3) is 0 Å². The van der Waals surface area contributed by atoms with E-state index < -0.39 is 0 Å². The quantitative estimate of drug-likeness (QED) is 0.596. The summed E-state index contributed by atoms with van der Waals surface area (Å²) in [5.74, 6) is -0.112. The van der Waals surface area contributed by atoms with Crippen molar-refractivity contribution < 1.29 is 4.79 Å². The molecular weight excluding hydrogens is 222 g/mol. The minimum atomic E-state index is -0.112. The minimum absolute atomic E-state index is 0.112. The second-order valence-corrected chi connectivity index (χ2v) is 4.10. The van der Waals surface area contributed by atoms with E-state index in [0.717, 1.165) is 12.0 Å². The molecule has 0 saturated carbocycles. The van der Waals surface area contributed by atoms with Crippen molar-refractivity contribution >= 4 is 23.1 Å². The van der Waals surface area contributed by atoms with Gasteiger partial charge in [0, 0.05) is 18.9 Å². The first-order valence-electron chi connectivity index (χ1n) is 5.08. The van der Waals surface area contributed by atoms with Gasteiger partial charge < -0.3 is 11.1 Å². The van der Waals surface area contributed by atoms with E-state index in [2.05, 4.69) is 10.3 Å². The van der Waals surface area contributed by atoms with Crippen LogP contribution in [0, 0.1) is 6.92 Å². The number of pyridine rings is 1. The van der Waals surface area contributed by atoms with Gasteiger partial charge in [-0.3, -0.25) is 9.78 Å². The van der Waals surface area contributed by atoms with Crippen molar-refractivity contribution in [3.63, 3.8) is 0 Å². The summed E-state index contributed by atoms with van der Waals surface area (Å²) in [4.78, 5) is 16.1. The number of carbonyl (C=O) groups is 1. The van der Waals surface area contributed by atoms with E-state index in [-0.39, 0.29) is 5.91 Å². The second-order valence-electron chi connectivity index (χ2n) is 3.58. The van der Waals surface area contributed by atoms with Gasteiger partial charge in [-0.2, -0.15) is 0 Å². The van der Waals surface area contributed by atoms with Gasteiger partial charge in [-0.15, -0.1) is 0 Å². The van der Waals surface area contributed by atoms with Gasteiger partial charge in [-0.05, 0) is 31.4 Å². The molecule has 1 heterocycles. The van der Waals surface area contributed by atoms with Crippen LogP contribution in [0.15, 0.2) is 18.5 Å². The average molecular weight is 237 g/mol. The van der Waals surface area contributed by atoms with Crippen molar-refractivity contribution in [1.82, 2.24) is 10.3 Å². The molecule has 1 aromatic rings. The third kappa shape index (κ3) is 4.35. The molecule has 86 valence electrons. The van der Waals surface area contributed by atoms with E-state index in [4.69, 9.17) is 18.0 Å².